The first-order valence-electron chi connectivity index (χ1n) is 38.3. The van der Waals surface area contributed by atoms with Gasteiger partial charge >= 0.3 is 7.12 Å². The number of nitrogen functional groups attached to an aromatic ring is 1. The molecule has 1 aliphatic carbocycles. The van der Waals surface area contributed by atoms with Crippen molar-refractivity contribution in [2.45, 2.75) is 37.5 Å². The predicted molar refractivity (Wildman–Crippen MR) is 492 cm³/mol. The van der Waals surface area contributed by atoms with Crippen LogP contribution in [0.5, 0.6) is 0 Å². The summed E-state index contributed by atoms with van der Waals surface area (Å²) < 4.78 is 9.27. The van der Waals surface area contributed by atoms with E-state index in [1.54, 1.807) is 24.3 Å². The van der Waals surface area contributed by atoms with E-state index < -0.39 is 7.12 Å². The molecule has 0 saturated heterocycles. The summed E-state index contributed by atoms with van der Waals surface area (Å²) in [6.07, 6.45) is 6.61. The SMILES string of the molecule is Brc1ccc(C2(c3ccccc3)CCCCC2)cc1.Brc1ccc2c(c1)c1ccccc1n2-c1ccccc1.Clc1ccc(-c2ccc3c(c2)c2ccccc2n3-c2ccccc2)cc1.Nc1ccccc1.OB(O)c1ccc(Cl)cc1.c1ccc(Nc2ccc(-c3ccc4c(c3)c3ccccc3n4-c3ccccc3)cc2)cc1. The fourth-order valence-corrected chi connectivity index (χ4v) is 16.3. The maximum Gasteiger partial charge on any atom is 0.488 e. The molecular formula is C102H82BBr2Cl2N5O2. The summed E-state index contributed by atoms with van der Waals surface area (Å²) in [6, 6.07) is 140. The van der Waals surface area contributed by atoms with Crippen LogP contribution in [0, 0.1) is 0 Å². The molecule has 0 radical (unpaired) electrons. The molecule has 0 atom stereocenters. The Morgan fingerprint density at radius 3 is 1.04 bits per heavy atom. The normalized spacial score (nSPS) is 12.1. The van der Waals surface area contributed by atoms with Crippen molar-refractivity contribution in [2.75, 3.05) is 11.1 Å². The standard InChI is InChI=1S/C30H22N2.C24H16ClN.C18H12BrN.C18H19Br.C6H6BClO2.C6H7N/c1-3-9-24(10-4-1)31-25-18-15-22(16-19-25)23-17-20-30-28(21-23)27-13-7-8-14-29(27)32(30)26-11-5-2-6-12-26;25-19-13-10-17(11-14-19)18-12-15-24-22(16-18)21-8-4-5-9-23(21)26(24)20-6-2-1-3-7-20;19-13-10-11-18-16(12-13)15-8-4-5-9-17(15)20(18)14-6-2-1-3-7-14;19-17-11-9-16(10-12-17)18(13-5-2-6-14-18)15-7-3-1-4-8-15;8-6-3-1-5(2-4-6)7(9)10;7-6-4-2-1-3-5-6/h1-21,31H;1-16H;1-12H;1,3-4,7-12H,2,5-6,13-14H2;1-4,9-10H;1-5H,7H2. The Balaban J connectivity index is 0.000000114. The Labute approximate surface area is 692 Å². The lowest BCUT2D eigenvalue weighted by Crippen LogP contribution is -2.30. The number of rotatable bonds is 10. The number of nitrogens with one attached hydrogen (secondary N) is 1. The van der Waals surface area contributed by atoms with E-state index in [1.165, 1.54) is 148 Å². The number of fused-ring (bicyclic) bond motifs is 9. The summed E-state index contributed by atoms with van der Waals surface area (Å²) >= 11 is 18.7. The molecule has 12 heteroatoms. The van der Waals surface area contributed by atoms with Crippen LogP contribution in [0.3, 0.4) is 0 Å². The minimum absolute atomic E-state index is 0.236. The van der Waals surface area contributed by atoms with Crippen molar-refractivity contribution in [3.8, 4) is 39.3 Å². The maximum absolute atomic E-state index is 8.63. The molecule has 19 aromatic rings. The summed E-state index contributed by atoms with van der Waals surface area (Å²) in [6.45, 7) is 0. The number of nitrogens with two attached hydrogens (primary N) is 1. The average Bonchev–Trinajstić information content (AvgIpc) is 1.59. The van der Waals surface area contributed by atoms with Crippen LogP contribution in [0.2, 0.25) is 10.0 Å². The maximum atomic E-state index is 8.63. The van der Waals surface area contributed by atoms with Crippen molar-refractivity contribution < 1.29 is 10.0 Å². The Morgan fingerprint density at radius 2 is 0.623 bits per heavy atom. The Bertz CT molecular complexity index is 6350. The molecule has 1 saturated carbocycles. The van der Waals surface area contributed by atoms with Gasteiger partial charge < -0.3 is 34.8 Å². The highest BCUT2D eigenvalue weighted by molar-refractivity contribution is 9.10. The van der Waals surface area contributed by atoms with Crippen LogP contribution in [0.25, 0.3) is 105 Å². The second-order valence-electron chi connectivity index (χ2n) is 28.1. The number of benzene rings is 16. The van der Waals surface area contributed by atoms with E-state index in [1.807, 2.05) is 66.7 Å². The van der Waals surface area contributed by atoms with E-state index in [-0.39, 0.29) is 5.41 Å². The number of halogens is 4. The van der Waals surface area contributed by atoms with Gasteiger partial charge in [-0.05, 0) is 222 Å². The van der Waals surface area contributed by atoms with Crippen molar-refractivity contribution in [1.29, 1.82) is 0 Å². The molecule has 0 unspecified atom stereocenters. The third kappa shape index (κ3) is 17.9. The van der Waals surface area contributed by atoms with Gasteiger partial charge in [0.25, 0.3) is 0 Å². The van der Waals surface area contributed by atoms with Gasteiger partial charge in [0.15, 0.2) is 0 Å². The summed E-state index contributed by atoms with van der Waals surface area (Å²) in [5.74, 6) is 0. The van der Waals surface area contributed by atoms with E-state index in [4.69, 9.17) is 39.0 Å². The lowest BCUT2D eigenvalue weighted by atomic mass is 9.65. The van der Waals surface area contributed by atoms with Crippen LogP contribution in [0.15, 0.2) is 415 Å². The first kappa shape index (κ1) is 77.4. The van der Waals surface area contributed by atoms with Gasteiger partial charge in [0.05, 0.1) is 33.1 Å². The molecule has 0 amide bonds. The summed E-state index contributed by atoms with van der Waals surface area (Å²) in [7, 11) is -1.41. The molecule has 0 aliphatic heterocycles. The summed E-state index contributed by atoms with van der Waals surface area (Å²) in [4.78, 5) is 0. The first-order valence-corrected chi connectivity index (χ1v) is 40.6. The van der Waals surface area contributed by atoms with Crippen LogP contribution in [0.4, 0.5) is 17.1 Å². The van der Waals surface area contributed by atoms with Crippen LogP contribution in [-0.2, 0) is 5.41 Å². The molecule has 114 heavy (non-hydrogen) atoms. The fourth-order valence-electron chi connectivity index (χ4n) is 15.4. The third-order valence-electron chi connectivity index (χ3n) is 20.9. The largest absolute Gasteiger partial charge is 0.488 e. The summed E-state index contributed by atoms with van der Waals surface area (Å²) in [5.41, 5.74) is 27.7. The number of hydrogen-bond acceptors (Lipinski definition) is 4. The quantitative estimate of drug-likeness (QED) is 0.0811. The van der Waals surface area contributed by atoms with Gasteiger partial charge in [0.1, 0.15) is 0 Å². The average molecular weight is 1650 g/mol. The lowest BCUT2D eigenvalue weighted by Gasteiger charge is -2.38. The highest BCUT2D eigenvalue weighted by Gasteiger charge is 2.35. The molecule has 20 rings (SSSR count). The minimum atomic E-state index is -1.41. The number of anilines is 3. The number of nitrogens with zero attached hydrogens (tertiary/aromatic N) is 3. The predicted octanol–water partition coefficient (Wildman–Crippen LogP) is 27.8. The second-order valence-corrected chi connectivity index (χ2v) is 30.8. The van der Waals surface area contributed by atoms with Gasteiger partial charge in [-0.15, -0.1) is 0 Å². The van der Waals surface area contributed by atoms with Gasteiger partial charge in [-0.3, -0.25) is 0 Å². The fraction of sp³-hybridized carbons (Fsp3) is 0.0588. The van der Waals surface area contributed by atoms with E-state index in [0.717, 1.165) is 31.0 Å². The van der Waals surface area contributed by atoms with E-state index in [0.29, 0.717) is 10.5 Å². The summed E-state index contributed by atoms with van der Waals surface area (Å²) in [5, 5.41) is 29.7. The van der Waals surface area contributed by atoms with Crippen LogP contribution < -0.4 is 16.5 Å². The number of hydrogen-bond donors (Lipinski definition) is 4. The molecule has 3 heterocycles. The van der Waals surface area contributed by atoms with E-state index in [2.05, 4.69) is 366 Å². The Kier molecular flexibility index (Phi) is 24.9. The van der Waals surface area contributed by atoms with Gasteiger partial charge in [-0.25, -0.2) is 0 Å². The molecule has 558 valence electrons. The molecule has 3 aromatic heterocycles. The molecule has 1 aliphatic rings. The van der Waals surface area contributed by atoms with Crippen molar-refractivity contribution in [3.05, 3.63) is 437 Å². The zero-order chi connectivity index (χ0) is 78.2. The number of para-hydroxylation sites is 8. The van der Waals surface area contributed by atoms with Gasteiger partial charge in [0, 0.05) is 90.8 Å². The molecule has 5 N–H and O–H groups in total. The Morgan fingerprint density at radius 1 is 0.298 bits per heavy atom. The second kappa shape index (κ2) is 36.7. The van der Waals surface area contributed by atoms with Crippen LogP contribution >= 0.6 is 55.1 Å². The molecule has 1 fully saturated rings. The topological polar surface area (TPSA) is 93.3 Å². The minimum Gasteiger partial charge on any atom is -0.423 e. The Hall–Kier alpha value is -12.0. The van der Waals surface area contributed by atoms with E-state index in [9.17, 15) is 0 Å². The highest BCUT2D eigenvalue weighted by atomic mass is 79.9. The van der Waals surface area contributed by atoms with Gasteiger partial charge in [-0.1, -0.05) is 311 Å². The molecular weight excluding hydrogens is 1570 g/mol. The lowest BCUT2D eigenvalue weighted by molar-refractivity contribution is 0.346. The van der Waals surface area contributed by atoms with E-state index >= 15 is 0 Å². The van der Waals surface area contributed by atoms with Crippen LogP contribution in [0.1, 0.15) is 43.2 Å². The first-order chi connectivity index (χ1) is 55.9. The van der Waals surface area contributed by atoms with Gasteiger partial charge in [-0.2, -0.15) is 0 Å². The third-order valence-corrected chi connectivity index (χ3v) is 22.4. The molecule has 0 spiro atoms. The van der Waals surface area contributed by atoms with Crippen LogP contribution in [-0.4, -0.2) is 30.9 Å². The molecule has 0 bridgehead atoms. The zero-order valence-electron chi connectivity index (χ0n) is 62.6. The zero-order valence-corrected chi connectivity index (χ0v) is 67.3. The van der Waals surface area contributed by atoms with Crippen molar-refractivity contribution in [2.24, 2.45) is 0 Å². The van der Waals surface area contributed by atoms with Crippen molar-refractivity contribution in [1.82, 2.24) is 13.7 Å². The molecule has 7 nitrogen and oxygen atoms in total. The number of aromatic nitrogens is 3. The highest BCUT2D eigenvalue weighted by Crippen LogP contribution is 2.46. The smallest absolute Gasteiger partial charge is 0.423 e. The molecule has 16 aromatic carbocycles. The van der Waals surface area contributed by atoms with Crippen molar-refractivity contribution in [3.63, 3.8) is 0 Å². The van der Waals surface area contributed by atoms with Crippen molar-refractivity contribution >= 4 is 150 Å². The monoisotopic (exact) mass is 1650 g/mol. The van der Waals surface area contributed by atoms with Gasteiger partial charge in [0.2, 0.25) is 0 Å².